The number of amides is 1. The third-order valence-electron chi connectivity index (χ3n) is 5.58. The first kappa shape index (κ1) is 19.2. The minimum Gasteiger partial charge on any atom is -0.378 e. The van der Waals surface area contributed by atoms with Gasteiger partial charge in [0.15, 0.2) is 0 Å². The molecule has 0 radical (unpaired) electrons. The van der Waals surface area contributed by atoms with Crippen molar-refractivity contribution in [1.29, 1.82) is 5.26 Å². The van der Waals surface area contributed by atoms with Gasteiger partial charge in [-0.15, -0.1) is 0 Å². The summed E-state index contributed by atoms with van der Waals surface area (Å²) < 4.78 is 5.39. The molecule has 0 aliphatic carbocycles. The topological polar surface area (TPSA) is 81.5 Å². The van der Waals surface area contributed by atoms with Crippen molar-refractivity contribution in [3.05, 3.63) is 48.2 Å². The van der Waals surface area contributed by atoms with Gasteiger partial charge in [0.1, 0.15) is 11.9 Å². The summed E-state index contributed by atoms with van der Waals surface area (Å²) in [6.07, 6.45) is 3.17. The van der Waals surface area contributed by atoms with E-state index in [1.54, 1.807) is 12.3 Å². The molecule has 0 saturated carbocycles. The minimum atomic E-state index is 0.00329. The third-order valence-corrected chi connectivity index (χ3v) is 5.58. The molecule has 3 heterocycles. The van der Waals surface area contributed by atoms with Crippen molar-refractivity contribution >= 4 is 23.1 Å². The van der Waals surface area contributed by atoms with Crippen LogP contribution in [0.5, 0.6) is 0 Å². The summed E-state index contributed by atoms with van der Waals surface area (Å²) >= 11 is 0. The van der Waals surface area contributed by atoms with Crippen molar-refractivity contribution in [2.75, 3.05) is 54.5 Å². The van der Waals surface area contributed by atoms with Crippen LogP contribution >= 0.6 is 0 Å². The fraction of sp³-hybridized carbons (Fsp3) is 0.409. The number of ether oxygens (including phenoxy) is 1. The second-order valence-electron chi connectivity index (χ2n) is 7.41. The number of nitrogens with one attached hydrogen (secondary N) is 1. The van der Waals surface area contributed by atoms with Crippen LogP contribution in [0.1, 0.15) is 18.4 Å². The Morgan fingerprint density at radius 2 is 1.76 bits per heavy atom. The second kappa shape index (κ2) is 8.93. The largest absolute Gasteiger partial charge is 0.378 e. The summed E-state index contributed by atoms with van der Waals surface area (Å²) in [6, 6.07) is 13.8. The molecule has 29 heavy (non-hydrogen) atoms. The van der Waals surface area contributed by atoms with Crippen LogP contribution in [0.15, 0.2) is 42.6 Å². The number of anilines is 3. The van der Waals surface area contributed by atoms with Gasteiger partial charge in [0.2, 0.25) is 5.91 Å². The number of nitriles is 1. The summed E-state index contributed by atoms with van der Waals surface area (Å²) in [5.41, 5.74) is 2.56. The first-order valence-electron chi connectivity index (χ1n) is 10.1. The smallest absolute Gasteiger partial charge is 0.227 e. The lowest BCUT2D eigenvalue weighted by Crippen LogP contribution is -2.38. The van der Waals surface area contributed by atoms with Crippen LogP contribution in [-0.2, 0) is 9.53 Å². The van der Waals surface area contributed by atoms with Gasteiger partial charge < -0.3 is 19.9 Å². The zero-order valence-corrected chi connectivity index (χ0v) is 16.4. The van der Waals surface area contributed by atoms with Crippen LogP contribution in [0.3, 0.4) is 0 Å². The van der Waals surface area contributed by atoms with Crippen molar-refractivity contribution in [3.63, 3.8) is 0 Å². The second-order valence-corrected chi connectivity index (χ2v) is 7.41. The van der Waals surface area contributed by atoms with Gasteiger partial charge in [0, 0.05) is 49.7 Å². The van der Waals surface area contributed by atoms with E-state index in [0.717, 1.165) is 69.4 Å². The van der Waals surface area contributed by atoms with Gasteiger partial charge in [-0.1, -0.05) is 0 Å². The quantitative estimate of drug-likeness (QED) is 0.863. The predicted molar refractivity (Wildman–Crippen MR) is 112 cm³/mol. The fourth-order valence-electron chi connectivity index (χ4n) is 3.83. The van der Waals surface area contributed by atoms with E-state index in [9.17, 15) is 4.79 Å². The Labute approximate surface area is 170 Å². The zero-order valence-electron chi connectivity index (χ0n) is 16.4. The number of carbonyl (C=O) groups is 1. The van der Waals surface area contributed by atoms with E-state index in [-0.39, 0.29) is 11.8 Å². The Morgan fingerprint density at radius 1 is 1.03 bits per heavy atom. The molecule has 7 nitrogen and oxygen atoms in total. The van der Waals surface area contributed by atoms with E-state index in [0.29, 0.717) is 5.56 Å². The number of carbonyl (C=O) groups excluding carboxylic acids is 1. The Balaban J connectivity index is 1.28. The van der Waals surface area contributed by atoms with E-state index in [2.05, 4.69) is 38.3 Å². The van der Waals surface area contributed by atoms with Crippen LogP contribution in [0.25, 0.3) is 0 Å². The molecule has 1 N–H and O–H groups in total. The summed E-state index contributed by atoms with van der Waals surface area (Å²) in [5.74, 6) is 0.946. The maximum Gasteiger partial charge on any atom is 0.227 e. The van der Waals surface area contributed by atoms with Crippen LogP contribution in [0.2, 0.25) is 0 Å². The van der Waals surface area contributed by atoms with Crippen LogP contribution in [0.4, 0.5) is 17.2 Å². The highest BCUT2D eigenvalue weighted by molar-refractivity contribution is 5.92. The summed E-state index contributed by atoms with van der Waals surface area (Å²) in [7, 11) is 0. The molecule has 2 saturated heterocycles. The zero-order chi connectivity index (χ0) is 20.1. The number of hydrogen-bond acceptors (Lipinski definition) is 6. The van der Waals surface area contributed by atoms with Gasteiger partial charge >= 0.3 is 0 Å². The molecule has 1 aromatic heterocycles. The Morgan fingerprint density at radius 3 is 2.38 bits per heavy atom. The van der Waals surface area contributed by atoms with Crippen molar-refractivity contribution in [3.8, 4) is 6.07 Å². The Kier molecular flexibility index (Phi) is 5.92. The number of nitrogens with zero attached hydrogens (tertiary/aromatic N) is 4. The highest BCUT2D eigenvalue weighted by atomic mass is 16.5. The number of rotatable bonds is 4. The predicted octanol–water partition coefficient (Wildman–Crippen LogP) is 2.64. The van der Waals surface area contributed by atoms with Crippen molar-refractivity contribution in [2.24, 2.45) is 5.92 Å². The normalized spacial score (nSPS) is 17.6. The van der Waals surface area contributed by atoms with E-state index in [1.807, 2.05) is 18.2 Å². The highest BCUT2D eigenvalue weighted by Gasteiger charge is 2.25. The van der Waals surface area contributed by atoms with Gasteiger partial charge in [0.05, 0.1) is 18.8 Å². The number of pyridine rings is 1. The molecular weight excluding hydrogens is 366 g/mol. The molecule has 7 heteroatoms. The van der Waals surface area contributed by atoms with Crippen LogP contribution < -0.4 is 15.1 Å². The summed E-state index contributed by atoms with van der Waals surface area (Å²) in [4.78, 5) is 21.5. The Hall–Kier alpha value is -3.11. The molecule has 2 aliphatic heterocycles. The molecule has 2 aromatic rings. The third kappa shape index (κ3) is 4.66. The average Bonchev–Trinajstić information content (AvgIpc) is 2.80. The lowest BCUT2D eigenvalue weighted by Gasteiger charge is -2.32. The standard InChI is InChI=1S/C22H25N5O2/c23-15-17-1-6-21(24-16-17)27-9-7-18(8-10-27)22(28)25-19-2-4-20(5-3-19)26-11-13-29-14-12-26/h1-6,16,18H,7-14H2,(H,25,28). The average molecular weight is 391 g/mol. The number of hydrogen-bond donors (Lipinski definition) is 1. The molecule has 0 bridgehead atoms. The molecular formula is C22H25N5O2. The summed E-state index contributed by atoms with van der Waals surface area (Å²) in [5, 5.41) is 11.9. The summed E-state index contributed by atoms with van der Waals surface area (Å²) in [6.45, 7) is 4.89. The van der Waals surface area contributed by atoms with Gasteiger partial charge in [0.25, 0.3) is 0 Å². The SMILES string of the molecule is N#Cc1ccc(N2CCC(C(=O)Nc3ccc(N4CCOCC4)cc3)CC2)nc1. The van der Waals surface area contributed by atoms with E-state index < -0.39 is 0 Å². The molecule has 4 rings (SSSR count). The van der Waals surface area contributed by atoms with Crippen molar-refractivity contribution < 1.29 is 9.53 Å². The van der Waals surface area contributed by atoms with Gasteiger partial charge in [-0.3, -0.25) is 4.79 Å². The molecule has 2 aliphatic rings. The lowest BCUT2D eigenvalue weighted by atomic mass is 9.95. The van der Waals surface area contributed by atoms with Crippen molar-refractivity contribution in [2.45, 2.75) is 12.8 Å². The molecule has 0 unspecified atom stereocenters. The highest BCUT2D eigenvalue weighted by Crippen LogP contribution is 2.24. The Bertz CT molecular complexity index is 862. The maximum absolute atomic E-state index is 12.7. The molecule has 1 amide bonds. The monoisotopic (exact) mass is 391 g/mol. The number of benzene rings is 1. The minimum absolute atomic E-state index is 0.00329. The van der Waals surface area contributed by atoms with E-state index >= 15 is 0 Å². The maximum atomic E-state index is 12.7. The number of aromatic nitrogens is 1. The first-order valence-corrected chi connectivity index (χ1v) is 10.1. The van der Waals surface area contributed by atoms with E-state index in [1.165, 1.54) is 0 Å². The van der Waals surface area contributed by atoms with Crippen molar-refractivity contribution in [1.82, 2.24) is 4.98 Å². The molecule has 0 atom stereocenters. The number of morpholine rings is 1. The van der Waals surface area contributed by atoms with Gasteiger partial charge in [-0.2, -0.15) is 5.26 Å². The molecule has 1 aromatic carbocycles. The van der Waals surface area contributed by atoms with Gasteiger partial charge in [-0.25, -0.2) is 4.98 Å². The molecule has 150 valence electrons. The van der Waals surface area contributed by atoms with Gasteiger partial charge in [-0.05, 0) is 49.2 Å². The lowest BCUT2D eigenvalue weighted by molar-refractivity contribution is -0.120. The fourth-order valence-corrected chi connectivity index (χ4v) is 3.83. The molecule has 2 fully saturated rings. The number of piperidine rings is 1. The first-order chi connectivity index (χ1) is 14.2. The molecule has 0 spiro atoms. The van der Waals surface area contributed by atoms with Crippen LogP contribution in [0, 0.1) is 17.2 Å². The van der Waals surface area contributed by atoms with E-state index in [4.69, 9.17) is 10.00 Å². The van der Waals surface area contributed by atoms with Crippen LogP contribution in [-0.4, -0.2) is 50.3 Å².